The summed E-state index contributed by atoms with van der Waals surface area (Å²) in [5, 5.41) is 10.8. The van der Waals surface area contributed by atoms with Gasteiger partial charge in [0.05, 0.1) is 16.0 Å². The molecular formula is C14H17ClN4O2. The van der Waals surface area contributed by atoms with Crippen LogP contribution in [0.1, 0.15) is 25.7 Å². The lowest BCUT2D eigenvalue weighted by Gasteiger charge is -2.35. The Morgan fingerprint density at radius 2 is 2.33 bits per heavy atom. The standard InChI is InChI=1S/C14H17ClN4O2/c15-7-6-10-3-1-2-8-18(10)14-16-12-5-4-11(19(20)21)9-13(12)17-14/h4-5,9-10H,1-3,6-8H2,(H,16,17). The molecule has 2 aromatic rings. The Labute approximate surface area is 127 Å². The van der Waals surface area contributed by atoms with Crippen molar-refractivity contribution in [1.82, 2.24) is 9.97 Å². The Morgan fingerprint density at radius 1 is 1.48 bits per heavy atom. The topological polar surface area (TPSA) is 75.1 Å². The molecule has 0 radical (unpaired) electrons. The van der Waals surface area contributed by atoms with Crippen molar-refractivity contribution in [2.75, 3.05) is 17.3 Å². The van der Waals surface area contributed by atoms with E-state index in [2.05, 4.69) is 14.9 Å². The third kappa shape index (κ3) is 2.81. The van der Waals surface area contributed by atoms with Crippen LogP contribution in [0.4, 0.5) is 11.6 Å². The van der Waals surface area contributed by atoms with Crippen LogP contribution in [0.2, 0.25) is 0 Å². The van der Waals surface area contributed by atoms with E-state index in [-0.39, 0.29) is 5.69 Å². The third-order valence-corrected chi connectivity index (χ3v) is 4.22. The van der Waals surface area contributed by atoms with Gasteiger partial charge >= 0.3 is 0 Å². The van der Waals surface area contributed by atoms with E-state index >= 15 is 0 Å². The van der Waals surface area contributed by atoms with Gasteiger partial charge in [-0.2, -0.15) is 0 Å². The summed E-state index contributed by atoms with van der Waals surface area (Å²) in [5.41, 5.74) is 1.54. The number of imidazole rings is 1. The molecule has 2 heterocycles. The van der Waals surface area contributed by atoms with Gasteiger partial charge in [-0.15, -0.1) is 11.6 Å². The first-order chi connectivity index (χ1) is 10.2. The number of nitro benzene ring substituents is 1. The van der Waals surface area contributed by atoms with Crippen LogP contribution in [0, 0.1) is 10.1 Å². The van der Waals surface area contributed by atoms with Crippen LogP contribution in [-0.2, 0) is 0 Å². The maximum atomic E-state index is 10.8. The predicted octanol–water partition coefficient (Wildman–Crippen LogP) is 3.46. The molecule has 3 rings (SSSR count). The second-order valence-corrected chi connectivity index (χ2v) is 5.72. The summed E-state index contributed by atoms with van der Waals surface area (Å²) < 4.78 is 0. The van der Waals surface area contributed by atoms with Crippen molar-refractivity contribution in [3.63, 3.8) is 0 Å². The number of aromatic nitrogens is 2. The van der Waals surface area contributed by atoms with Crippen molar-refractivity contribution in [2.24, 2.45) is 0 Å². The number of nitrogens with one attached hydrogen (secondary N) is 1. The SMILES string of the molecule is O=[N+]([O-])c1ccc2nc(N3CCCCC3CCCl)[nH]c2c1. The average molecular weight is 309 g/mol. The molecule has 21 heavy (non-hydrogen) atoms. The maximum Gasteiger partial charge on any atom is 0.271 e. The first kappa shape index (κ1) is 14.1. The van der Waals surface area contributed by atoms with Crippen LogP contribution in [0.5, 0.6) is 0 Å². The molecular weight excluding hydrogens is 292 g/mol. The molecule has 0 bridgehead atoms. The minimum atomic E-state index is -0.392. The first-order valence-corrected chi connectivity index (χ1v) is 7.69. The van der Waals surface area contributed by atoms with Crippen molar-refractivity contribution in [2.45, 2.75) is 31.7 Å². The largest absolute Gasteiger partial charge is 0.339 e. The fraction of sp³-hybridized carbons (Fsp3) is 0.500. The van der Waals surface area contributed by atoms with E-state index in [1.807, 2.05) is 0 Å². The number of piperidine rings is 1. The van der Waals surface area contributed by atoms with Crippen LogP contribution in [-0.4, -0.2) is 33.4 Å². The van der Waals surface area contributed by atoms with Gasteiger partial charge in [-0.1, -0.05) is 0 Å². The average Bonchev–Trinajstić information content (AvgIpc) is 2.90. The number of alkyl halides is 1. The highest BCUT2D eigenvalue weighted by Gasteiger charge is 2.24. The van der Waals surface area contributed by atoms with Crippen LogP contribution in [0.15, 0.2) is 18.2 Å². The predicted molar refractivity (Wildman–Crippen MR) is 83.1 cm³/mol. The van der Waals surface area contributed by atoms with E-state index in [0.29, 0.717) is 17.4 Å². The highest BCUT2D eigenvalue weighted by Crippen LogP contribution is 2.28. The van der Waals surface area contributed by atoms with Gasteiger partial charge in [0.25, 0.3) is 5.69 Å². The van der Waals surface area contributed by atoms with Crippen molar-refractivity contribution < 1.29 is 4.92 Å². The molecule has 0 spiro atoms. The first-order valence-electron chi connectivity index (χ1n) is 7.16. The molecule has 0 amide bonds. The number of fused-ring (bicyclic) bond motifs is 1. The molecule has 1 aliphatic rings. The summed E-state index contributed by atoms with van der Waals surface area (Å²) in [6.45, 7) is 0.948. The smallest absolute Gasteiger partial charge is 0.271 e. The lowest BCUT2D eigenvalue weighted by Crippen LogP contribution is -2.40. The molecule has 1 aromatic heterocycles. The molecule has 1 unspecified atom stereocenters. The molecule has 1 aromatic carbocycles. The summed E-state index contributed by atoms with van der Waals surface area (Å²) in [6.07, 6.45) is 4.39. The zero-order valence-electron chi connectivity index (χ0n) is 11.6. The Balaban J connectivity index is 1.93. The van der Waals surface area contributed by atoms with E-state index in [0.717, 1.165) is 37.3 Å². The van der Waals surface area contributed by atoms with Gasteiger partial charge in [-0.25, -0.2) is 4.98 Å². The van der Waals surface area contributed by atoms with E-state index < -0.39 is 4.92 Å². The van der Waals surface area contributed by atoms with Crippen molar-refractivity contribution in [3.8, 4) is 0 Å². The van der Waals surface area contributed by atoms with Crippen LogP contribution in [0.3, 0.4) is 0 Å². The number of rotatable bonds is 4. The summed E-state index contributed by atoms with van der Waals surface area (Å²) in [5.74, 6) is 1.42. The maximum absolute atomic E-state index is 10.8. The molecule has 0 saturated carbocycles. The summed E-state index contributed by atoms with van der Waals surface area (Å²) >= 11 is 5.89. The highest BCUT2D eigenvalue weighted by molar-refractivity contribution is 6.17. The van der Waals surface area contributed by atoms with Crippen molar-refractivity contribution >= 4 is 34.3 Å². The zero-order valence-corrected chi connectivity index (χ0v) is 12.3. The van der Waals surface area contributed by atoms with Crippen molar-refractivity contribution in [3.05, 3.63) is 28.3 Å². The number of non-ortho nitro benzene ring substituents is 1. The van der Waals surface area contributed by atoms with Gasteiger partial charge in [-0.05, 0) is 31.7 Å². The van der Waals surface area contributed by atoms with Crippen LogP contribution < -0.4 is 4.90 Å². The number of nitrogens with zero attached hydrogens (tertiary/aromatic N) is 3. The molecule has 112 valence electrons. The van der Waals surface area contributed by atoms with E-state index in [1.54, 1.807) is 6.07 Å². The number of anilines is 1. The van der Waals surface area contributed by atoms with Gasteiger partial charge in [0.1, 0.15) is 0 Å². The third-order valence-electron chi connectivity index (χ3n) is 4.01. The molecule has 1 saturated heterocycles. The second kappa shape index (κ2) is 5.89. The number of H-pyrrole nitrogens is 1. The molecule has 1 N–H and O–H groups in total. The van der Waals surface area contributed by atoms with Crippen LogP contribution >= 0.6 is 11.6 Å². The van der Waals surface area contributed by atoms with Crippen molar-refractivity contribution in [1.29, 1.82) is 0 Å². The minimum Gasteiger partial charge on any atom is -0.339 e. The quantitative estimate of drug-likeness (QED) is 0.533. The Morgan fingerprint density at radius 3 is 3.10 bits per heavy atom. The molecule has 6 nitrogen and oxygen atoms in total. The van der Waals surface area contributed by atoms with Gasteiger partial charge in [0, 0.05) is 30.6 Å². The highest BCUT2D eigenvalue weighted by atomic mass is 35.5. The van der Waals surface area contributed by atoms with E-state index in [4.69, 9.17) is 11.6 Å². The number of nitro groups is 1. The number of hydrogen-bond donors (Lipinski definition) is 1. The Bertz CT molecular complexity index is 655. The monoisotopic (exact) mass is 308 g/mol. The fourth-order valence-corrected chi connectivity index (χ4v) is 3.19. The summed E-state index contributed by atoms with van der Waals surface area (Å²) in [4.78, 5) is 20.5. The number of halogens is 1. The lowest BCUT2D eigenvalue weighted by atomic mass is 10.0. The Kier molecular flexibility index (Phi) is 3.96. The molecule has 7 heteroatoms. The zero-order chi connectivity index (χ0) is 14.8. The van der Waals surface area contributed by atoms with Gasteiger partial charge in [-0.3, -0.25) is 10.1 Å². The lowest BCUT2D eigenvalue weighted by molar-refractivity contribution is -0.384. The Hall–Kier alpha value is -1.82. The molecule has 0 aliphatic carbocycles. The normalized spacial score (nSPS) is 19.1. The fourth-order valence-electron chi connectivity index (χ4n) is 2.94. The molecule has 1 aliphatic heterocycles. The van der Waals surface area contributed by atoms with E-state index in [1.165, 1.54) is 18.6 Å². The van der Waals surface area contributed by atoms with E-state index in [9.17, 15) is 10.1 Å². The molecule has 1 fully saturated rings. The van der Waals surface area contributed by atoms with Crippen LogP contribution in [0.25, 0.3) is 11.0 Å². The van der Waals surface area contributed by atoms with Gasteiger partial charge < -0.3 is 9.88 Å². The summed E-state index contributed by atoms with van der Waals surface area (Å²) in [6, 6.07) is 5.10. The number of aromatic amines is 1. The summed E-state index contributed by atoms with van der Waals surface area (Å²) in [7, 11) is 0. The number of benzene rings is 1. The van der Waals surface area contributed by atoms with Gasteiger partial charge in [0.15, 0.2) is 0 Å². The van der Waals surface area contributed by atoms with Gasteiger partial charge in [0.2, 0.25) is 5.95 Å². The number of hydrogen-bond acceptors (Lipinski definition) is 4. The molecule has 1 atom stereocenters. The minimum absolute atomic E-state index is 0.0775. The second-order valence-electron chi connectivity index (χ2n) is 5.34.